The molecule has 0 bridgehead atoms. The van der Waals surface area contributed by atoms with Gasteiger partial charge >= 0.3 is 0 Å². The minimum atomic E-state index is 0.253. The maximum atomic E-state index is 11.4. The molecule has 16 heavy (non-hydrogen) atoms. The summed E-state index contributed by atoms with van der Waals surface area (Å²) in [6.07, 6.45) is 4.16. The van der Waals surface area contributed by atoms with Crippen LogP contribution in [0.3, 0.4) is 0 Å². The Morgan fingerprint density at radius 3 is 3.12 bits per heavy atom. The topological polar surface area (TPSA) is 33.2 Å². The molecule has 1 aliphatic rings. The van der Waals surface area contributed by atoms with Gasteiger partial charge in [0.1, 0.15) is 5.78 Å². The van der Waals surface area contributed by atoms with E-state index >= 15 is 0 Å². The van der Waals surface area contributed by atoms with E-state index in [-0.39, 0.29) is 5.92 Å². The van der Waals surface area contributed by atoms with Crippen molar-refractivity contribution in [1.29, 1.82) is 0 Å². The van der Waals surface area contributed by atoms with E-state index in [2.05, 4.69) is 9.88 Å². The van der Waals surface area contributed by atoms with Crippen LogP contribution < -0.4 is 0 Å². The monoisotopic (exact) mass is 238 g/mol. The molecule has 0 N–H and O–H groups in total. The number of hydrogen-bond donors (Lipinski definition) is 0. The summed E-state index contributed by atoms with van der Waals surface area (Å²) < 4.78 is 0. The molecule has 1 fully saturated rings. The normalized spacial score (nSPS) is 22.2. The van der Waals surface area contributed by atoms with Crippen molar-refractivity contribution in [1.82, 2.24) is 9.88 Å². The van der Waals surface area contributed by atoms with E-state index in [1.807, 2.05) is 13.1 Å². The number of nitrogens with zero attached hydrogens (tertiary/aromatic N) is 2. The number of carbonyl (C=O) groups is 1. The van der Waals surface area contributed by atoms with Gasteiger partial charge in [-0.15, -0.1) is 11.3 Å². The number of thiazole rings is 1. The highest BCUT2D eigenvalue weighted by Crippen LogP contribution is 2.21. The second kappa shape index (κ2) is 5.06. The van der Waals surface area contributed by atoms with Gasteiger partial charge < -0.3 is 0 Å². The van der Waals surface area contributed by atoms with E-state index in [0.29, 0.717) is 5.78 Å². The quantitative estimate of drug-likeness (QED) is 0.810. The first kappa shape index (κ1) is 11.7. The highest BCUT2D eigenvalue weighted by molar-refractivity contribution is 7.11. The zero-order valence-electron chi connectivity index (χ0n) is 9.90. The maximum Gasteiger partial charge on any atom is 0.134 e. The molecule has 3 nitrogen and oxygen atoms in total. The smallest absolute Gasteiger partial charge is 0.134 e. The zero-order chi connectivity index (χ0) is 11.5. The first-order chi connectivity index (χ1) is 7.65. The number of ketones is 1. The number of aryl methyl sites for hydroxylation is 1. The molecule has 0 aliphatic carbocycles. The summed E-state index contributed by atoms with van der Waals surface area (Å²) in [5, 5.41) is 1.12. The zero-order valence-corrected chi connectivity index (χ0v) is 10.7. The molecule has 2 rings (SSSR count). The predicted octanol–water partition coefficient (Wildman–Crippen LogP) is 2.25. The summed E-state index contributed by atoms with van der Waals surface area (Å²) in [6.45, 7) is 6.73. The van der Waals surface area contributed by atoms with Gasteiger partial charge in [0, 0.05) is 30.1 Å². The third kappa shape index (κ3) is 2.89. The first-order valence-corrected chi connectivity index (χ1v) is 6.61. The van der Waals surface area contributed by atoms with Crippen LogP contribution in [-0.2, 0) is 11.3 Å². The Kier molecular flexibility index (Phi) is 3.71. The number of rotatable bonds is 3. The third-order valence-corrected chi connectivity index (χ3v) is 4.03. The summed E-state index contributed by atoms with van der Waals surface area (Å²) in [7, 11) is 0. The van der Waals surface area contributed by atoms with Gasteiger partial charge in [-0.25, -0.2) is 4.98 Å². The van der Waals surface area contributed by atoms with Crippen molar-refractivity contribution in [2.24, 2.45) is 5.92 Å². The molecular weight excluding hydrogens is 220 g/mol. The van der Waals surface area contributed by atoms with E-state index in [9.17, 15) is 4.79 Å². The Morgan fingerprint density at radius 1 is 1.69 bits per heavy atom. The molecule has 1 aliphatic heterocycles. The van der Waals surface area contributed by atoms with Crippen molar-refractivity contribution in [3.8, 4) is 0 Å². The standard InChI is InChI=1S/C12H18N2OS/c1-9(15)11-4-3-5-14(7-11)8-12-6-13-10(2)16-12/h6,11H,3-5,7-8H2,1-2H3. The molecule has 0 aromatic carbocycles. The van der Waals surface area contributed by atoms with Crippen molar-refractivity contribution >= 4 is 17.1 Å². The van der Waals surface area contributed by atoms with Crippen LogP contribution in [0.5, 0.6) is 0 Å². The molecule has 0 radical (unpaired) electrons. The average molecular weight is 238 g/mol. The lowest BCUT2D eigenvalue weighted by atomic mass is 9.95. The van der Waals surface area contributed by atoms with Crippen LogP contribution in [0.15, 0.2) is 6.20 Å². The van der Waals surface area contributed by atoms with E-state index in [1.54, 1.807) is 18.3 Å². The summed E-state index contributed by atoms with van der Waals surface area (Å²) in [5.74, 6) is 0.591. The van der Waals surface area contributed by atoms with Crippen molar-refractivity contribution in [3.63, 3.8) is 0 Å². The molecule has 1 saturated heterocycles. The summed E-state index contributed by atoms with van der Waals surface area (Å²) in [5.41, 5.74) is 0. The van der Waals surface area contributed by atoms with E-state index in [4.69, 9.17) is 0 Å². The fraction of sp³-hybridized carbons (Fsp3) is 0.667. The first-order valence-electron chi connectivity index (χ1n) is 5.79. The number of Topliss-reactive ketones (excluding diaryl/α,β-unsaturated/α-hetero) is 1. The van der Waals surface area contributed by atoms with Gasteiger partial charge in [-0.05, 0) is 33.2 Å². The number of aromatic nitrogens is 1. The van der Waals surface area contributed by atoms with Crippen LogP contribution in [0.1, 0.15) is 29.7 Å². The molecule has 1 aromatic heterocycles. The molecule has 88 valence electrons. The van der Waals surface area contributed by atoms with Crippen molar-refractivity contribution in [3.05, 3.63) is 16.1 Å². The lowest BCUT2D eigenvalue weighted by molar-refractivity contribution is -0.122. The van der Waals surface area contributed by atoms with Gasteiger partial charge in [-0.1, -0.05) is 0 Å². The molecule has 1 aromatic rings. The largest absolute Gasteiger partial charge is 0.300 e. The summed E-state index contributed by atoms with van der Waals surface area (Å²) >= 11 is 1.75. The number of carbonyl (C=O) groups excluding carboxylic acids is 1. The highest BCUT2D eigenvalue weighted by Gasteiger charge is 2.23. The van der Waals surface area contributed by atoms with Crippen LogP contribution in [-0.4, -0.2) is 28.8 Å². The molecule has 0 amide bonds. The van der Waals surface area contributed by atoms with Crippen LogP contribution in [0.2, 0.25) is 0 Å². The van der Waals surface area contributed by atoms with Crippen LogP contribution in [0, 0.1) is 12.8 Å². The molecule has 1 atom stereocenters. The van der Waals surface area contributed by atoms with Gasteiger partial charge in [0.2, 0.25) is 0 Å². The van der Waals surface area contributed by atoms with Gasteiger partial charge in [0.25, 0.3) is 0 Å². The second-order valence-electron chi connectivity index (χ2n) is 4.53. The average Bonchev–Trinajstić information content (AvgIpc) is 2.64. The Morgan fingerprint density at radius 2 is 2.50 bits per heavy atom. The van der Waals surface area contributed by atoms with Crippen LogP contribution in [0.4, 0.5) is 0 Å². The highest BCUT2D eigenvalue weighted by atomic mass is 32.1. The van der Waals surface area contributed by atoms with Gasteiger partial charge in [0.05, 0.1) is 5.01 Å². The summed E-state index contributed by atoms with van der Waals surface area (Å²) in [4.78, 5) is 19.3. The third-order valence-electron chi connectivity index (χ3n) is 3.13. The molecule has 1 unspecified atom stereocenters. The minimum Gasteiger partial charge on any atom is -0.300 e. The Bertz CT molecular complexity index is 375. The Labute approximate surface area is 100 Å². The SMILES string of the molecule is CC(=O)C1CCCN(Cc2cnc(C)s2)C1. The van der Waals surface area contributed by atoms with Crippen molar-refractivity contribution in [2.75, 3.05) is 13.1 Å². The second-order valence-corrected chi connectivity index (χ2v) is 5.85. The molecule has 0 spiro atoms. The Hall–Kier alpha value is -0.740. The molecular formula is C12H18N2OS. The number of piperidine rings is 1. The minimum absolute atomic E-state index is 0.253. The number of hydrogen-bond acceptors (Lipinski definition) is 4. The van der Waals surface area contributed by atoms with Gasteiger partial charge in [-0.2, -0.15) is 0 Å². The van der Waals surface area contributed by atoms with Crippen LogP contribution in [0.25, 0.3) is 0 Å². The predicted molar refractivity (Wildman–Crippen MR) is 65.5 cm³/mol. The fourth-order valence-electron chi connectivity index (χ4n) is 2.23. The molecule has 2 heterocycles. The van der Waals surface area contributed by atoms with Gasteiger partial charge in [0.15, 0.2) is 0 Å². The van der Waals surface area contributed by atoms with E-state index < -0.39 is 0 Å². The molecule has 0 saturated carbocycles. The van der Waals surface area contributed by atoms with Gasteiger partial charge in [-0.3, -0.25) is 9.69 Å². The van der Waals surface area contributed by atoms with Crippen molar-refractivity contribution < 1.29 is 4.79 Å². The maximum absolute atomic E-state index is 11.4. The van der Waals surface area contributed by atoms with Crippen molar-refractivity contribution in [2.45, 2.75) is 33.2 Å². The molecule has 4 heteroatoms. The Balaban J connectivity index is 1.92. The van der Waals surface area contributed by atoms with Crippen LogP contribution >= 0.6 is 11.3 Å². The lowest BCUT2D eigenvalue weighted by Crippen LogP contribution is -2.37. The fourth-order valence-corrected chi connectivity index (χ4v) is 3.07. The lowest BCUT2D eigenvalue weighted by Gasteiger charge is -2.30. The summed E-state index contributed by atoms with van der Waals surface area (Å²) in [6, 6.07) is 0. The van der Waals surface area contributed by atoms with E-state index in [1.165, 1.54) is 4.88 Å². The van der Waals surface area contributed by atoms with E-state index in [0.717, 1.165) is 37.5 Å². The number of likely N-dealkylation sites (tertiary alicyclic amines) is 1.